The molecule has 3 aromatic rings. The molecule has 5 nitrogen and oxygen atoms in total. The summed E-state index contributed by atoms with van der Waals surface area (Å²) in [7, 11) is 1.84. The number of nitrogens with one attached hydrogen (secondary N) is 1. The third-order valence-corrected chi connectivity index (χ3v) is 4.86. The van der Waals surface area contributed by atoms with E-state index in [-0.39, 0.29) is 0 Å². The summed E-state index contributed by atoms with van der Waals surface area (Å²) in [5, 5.41) is 13.9. The predicted octanol–water partition coefficient (Wildman–Crippen LogP) is 3.07. The lowest BCUT2D eigenvalue weighted by atomic mass is 10.3. The standard InChI is InChI=1S/C12H11N5S2/c1-7-9(11-16-17-12(13-2)19-11)18-10(15-7)8-3-5-14-6-4-8/h3-6H,1-2H3,(H,13,17). The molecule has 96 valence electrons. The van der Waals surface area contributed by atoms with Gasteiger partial charge in [0, 0.05) is 25.0 Å². The number of aromatic nitrogens is 4. The van der Waals surface area contributed by atoms with Gasteiger partial charge >= 0.3 is 0 Å². The Kier molecular flexibility index (Phi) is 3.22. The molecule has 3 heterocycles. The molecule has 3 aromatic heterocycles. The highest BCUT2D eigenvalue weighted by Gasteiger charge is 2.15. The second-order valence-corrected chi connectivity index (χ2v) is 5.81. The van der Waals surface area contributed by atoms with Crippen LogP contribution in [0.15, 0.2) is 24.5 Å². The van der Waals surface area contributed by atoms with E-state index in [1.54, 1.807) is 23.7 Å². The molecule has 0 fully saturated rings. The lowest BCUT2D eigenvalue weighted by Crippen LogP contribution is -1.84. The molecule has 0 amide bonds. The van der Waals surface area contributed by atoms with E-state index >= 15 is 0 Å². The van der Waals surface area contributed by atoms with Crippen molar-refractivity contribution in [3.63, 3.8) is 0 Å². The lowest BCUT2D eigenvalue weighted by molar-refractivity contribution is 1.09. The molecule has 0 saturated carbocycles. The van der Waals surface area contributed by atoms with Crippen molar-refractivity contribution in [3.05, 3.63) is 30.2 Å². The van der Waals surface area contributed by atoms with Crippen molar-refractivity contribution in [2.24, 2.45) is 0 Å². The molecule has 0 aliphatic carbocycles. The first-order valence-electron chi connectivity index (χ1n) is 5.67. The number of thiazole rings is 1. The Morgan fingerprint density at radius 3 is 2.53 bits per heavy atom. The molecular formula is C12H11N5S2. The molecule has 0 atom stereocenters. The molecule has 0 saturated heterocycles. The maximum absolute atomic E-state index is 4.60. The van der Waals surface area contributed by atoms with Gasteiger partial charge in [-0.05, 0) is 19.1 Å². The average Bonchev–Trinajstić information content (AvgIpc) is 3.06. The highest BCUT2D eigenvalue weighted by Crippen LogP contribution is 2.37. The minimum atomic E-state index is 0.813. The summed E-state index contributed by atoms with van der Waals surface area (Å²) >= 11 is 3.16. The Labute approximate surface area is 118 Å². The van der Waals surface area contributed by atoms with E-state index < -0.39 is 0 Å². The molecule has 19 heavy (non-hydrogen) atoms. The third-order valence-electron chi connectivity index (χ3n) is 2.56. The Bertz CT molecular complexity index is 689. The number of aryl methyl sites for hydroxylation is 1. The third kappa shape index (κ3) is 2.34. The zero-order valence-corrected chi connectivity index (χ0v) is 12.0. The van der Waals surface area contributed by atoms with E-state index in [1.165, 1.54) is 11.3 Å². The van der Waals surface area contributed by atoms with Crippen LogP contribution in [-0.2, 0) is 0 Å². The summed E-state index contributed by atoms with van der Waals surface area (Å²) < 4.78 is 0. The summed E-state index contributed by atoms with van der Waals surface area (Å²) in [6, 6.07) is 3.92. The quantitative estimate of drug-likeness (QED) is 0.802. The second-order valence-electron chi connectivity index (χ2n) is 3.83. The first kappa shape index (κ1) is 12.2. The van der Waals surface area contributed by atoms with Crippen LogP contribution in [0.25, 0.3) is 20.5 Å². The molecule has 3 rings (SSSR count). The zero-order chi connectivity index (χ0) is 13.2. The summed E-state index contributed by atoms with van der Waals surface area (Å²) in [4.78, 5) is 9.70. The average molecular weight is 289 g/mol. The number of hydrogen-bond donors (Lipinski definition) is 1. The van der Waals surface area contributed by atoms with Gasteiger partial charge in [-0.1, -0.05) is 11.3 Å². The van der Waals surface area contributed by atoms with E-state index in [4.69, 9.17) is 0 Å². The molecule has 0 aromatic carbocycles. The van der Waals surface area contributed by atoms with Gasteiger partial charge in [0.15, 0.2) is 5.01 Å². The fourth-order valence-electron chi connectivity index (χ4n) is 1.63. The van der Waals surface area contributed by atoms with Crippen LogP contribution in [0.5, 0.6) is 0 Å². The largest absolute Gasteiger partial charge is 0.363 e. The van der Waals surface area contributed by atoms with Crippen molar-refractivity contribution in [2.75, 3.05) is 12.4 Å². The minimum absolute atomic E-state index is 0.813. The van der Waals surface area contributed by atoms with Gasteiger partial charge in [-0.15, -0.1) is 21.5 Å². The molecule has 0 spiro atoms. The second kappa shape index (κ2) is 5.02. The first-order valence-corrected chi connectivity index (χ1v) is 7.30. The number of anilines is 1. The summed E-state index contributed by atoms with van der Waals surface area (Å²) in [6.07, 6.45) is 3.55. The number of nitrogens with zero attached hydrogens (tertiary/aromatic N) is 4. The van der Waals surface area contributed by atoms with Crippen molar-refractivity contribution in [1.29, 1.82) is 0 Å². The van der Waals surface area contributed by atoms with Crippen LogP contribution in [-0.4, -0.2) is 27.2 Å². The van der Waals surface area contributed by atoms with Crippen LogP contribution >= 0.6 is 22.7 Å². The summed E-state index contributed by atoms with van der Waals surface area (Å²) in [6.45, 7) is 2.00. The van der Waals surface area contributed by atoms with Crippen molar-refractivity contribution in [2.45, 2.75) is 6.92 Å². The highest BCUT2D eigenvalue weighted by molar-refractivity contribution is 7.24. The topological polar surface area (TPSA) is 63.6 Å². The van der Waals surface area contributed by atoms with E-state index in [0.717, 1.165) is 31.3 Å². The number of pyridine rings is 1. The van der Waals surface area contributed by atoms with Gasteiger partial charge in [0.25, 0.3) is 0 Å². The first-order chi connectivity index (χ1) is 9.28. The molecular weight excluding hydrogens is 278 g/mol. The van der Waals surface area contributed by atoms with Crippen molar-refractivity contribution in [3.8, 4) is 20.5 Å². The van der Waals surface area contributed by atoms with Crippen molar-refractivity contribution in [1.82, 2.24) is 20.2 Å². The Hall–Kier alpha value is -1.86. The van der Waals surface area contributed by atoms with Crippen LogP contribution < -0.4 is 5.32 Å². The molecule has 0 bridgehead atoms. The van der Waals surface area contributed by atoms with Crippen molar-refractivity contribution < 1.29 is 0 Å². The molecule has 1 N–H and O–H groups in total. The van der Waals surface area contributed by atoms with E-state index in [0.29, 0.717) is 0 Å². The summed E-state index contributed by atoms with van der Waals surface area (Å²) in [5.74, 6) is 0. The Morgan fingerprint density at radius 1 is 1.05 bits per heavy atom. The molecule has 0 radical (unpaired) electrons. The van der Waals surface area contributed by atoms with Gasteiger partial charge in [-0.25, -0.2) is 4.98 Å². The predicted molar refractivity (Wildman–Crippen MR) is 78.5 cm³/mol. The smallest absolute Gasteiger partial charge is 0.205 e. The van der Waals surface area contributed by atoms with Crippen LogP contribution in [0.4, 0.5) is 5.13 Å². The van der Waals surface area contributed by atoms with E-state index in [9.17, 15) is 0 Å². The maximum atomic E-state index is 4.60. The van der Waals surface area contributed by atoms with Crippen LogP contribution in [0, 0.1) is 6.92 Å². The Morgan fingerprint density at radius 2 is 1.84 bits per heavy atom. The van der Waals surface area contributed by atoms with Gasteiger partial charge in [0.05, 0.1) is 10.6 Å². The van der Waals surface area contributed by atoms with Crippen molar-refractivity contribution >= 4 is 27.8 Å². The highest BCUT2D eigenvalue weighted by atomic mass is 32.1. The minimum Gasteiger partial charge on any atom is -0.363 e. The molecule has 0 aliphatic heterocycles. The lowest BCUT2D eigenvalue weighted by Gasteiger charge is -1.92. The van der Waals surface area contributed by atoms with Gasteiger partial charge in [0.1, 0.15) is 5.01 Å². The number of rotatable bonds is 3. The van der Waals surface area contributed by atoms with E-state index in [1.807, 2.05) is 26.1 Å². The SMILES string of the molecule is CNc1nnc(-c2sc(-c3ccncc3)nc2C)s1. The molecule has 0 aliphatic rings. The maximum Gasteiger partial charge on any atom is 0.205 e. The van der Waals surface area contributed by atoms with E-state index in [2.05, 4.69) is 25.5 Å². The number of hydrogen-bond acceptors (Lipinski definition) is 7. The molecule has 7 heteroatoms. The molecule has 0 unspecified atom stereocenters. The van der Waals surface area contributed by atoms with Gasteiger partial charge in [-0.2, -0.15) is 0 Å². The van der Waals surface area contributed by atoms with Crippen LogP contribution in [0.1, 0.15) is 5.69 Å². The zero-order valence-electron chi connectivity index (χ0n) is 10.4. The normalized spacial score (nSPS) is 10.6. The Balaban J connectivity index is 2.02. The monoisotopic (exact) mass is 289 g/mol. The van der Waals surface area contributed by atoms with Crippen LogP contribution in [0.3, 0.4) is 0 Å². The summed E-state index contributed by atoms with van der Waals surface area (Å²) in [5.41, 5.74) is 2.06. The van der Waals surface area contributed by atoms with Crippen LogP contribution in [0.2, 0.25) is 0 Å². The fourth-order valence-corrected chi connectivity index (χ4v) is 3.52. The fraction of sp³-hybridized carbons (Fsp3) is 0.167. The van der Waals surface area contributed by atoms with Gasteiger partial charge < -0.3 is 5.32 Å². The van der Waals surface area contributed by atoms with Gasteiger partial charge in [0.2, 0.25) is 5.13 Å². The van der Waals surface area contributed by atoms with Gasteiger partial charge in [-0.3, -0.25) is 4.98 Å².